The van der Waals surface area contributed by atoms with Crippen molar-refractivity contribution in [3.63, 3.8) is 0 Å². The molecule has 0 aliphatic rings. The van der Waals surface area contributed by atoms with Crippen molar-refractivity contribution in [2.45, 2.75) is 109 Å². The van der Waals surface area contributed by atoms with Crippen LogP contribution in [0, 0.1) is 0 Å². The van der Waals surface area contributed by atoms with Crippen LogP contribution in [0.2, 0.25) is 0 Å². The molecule has 0 fully saturated rings. The molecular weight excluding hydrogens is 408 g/mol. The van der Waals surface area contributed by atoms with E-state index in [1.54, 1.807) is 12.1 Å². The molecule has 1 aromatic rings. The molecule has 3 N–H and O–H groups in total. The second-order valence-electron chi connectivity index (χ2n) is 8.73. The van der Waals surface area contributed by atoms with Gasteiger partial charge in [0.05, 0.1) is 11.1 Å². The maximum atomic E-state index is 11.2. The van der Waals surface area contributed by atoms with Crippen molar-refractivity contribution in [3.05, 3.63) is 34.9 Å². The minimum Gasteiger partial charge on any atom is -0.481 e. The van der Waals surface area contributed by atoms with Crippen LogP contribution < -0.4 is 0 Å². The predicted molar refractivity (Wildman–Crippen MR) is 126 cm³/mol. The number of unbranched alkanes of at least 4 members (excludes halogenated alkanes) is 14. The lowest BCUT2D eigenvalue weighted by Crippen LogP contribution is -2.04. The van der Waals surface area contributed by atoms with E-state index in [0.717, 1.165) is 44.1 Å². The summed E-state index contributed by atoms with van der Waals surface area (Å²) in [6.07, 6.45) is 18.6. The molecule has 32 heavy (non-hydrogen) atoms. The van der Waals surface area contributed by atoms with Gasteiger partial charge in [-0.25, -0.2) is 9.59 Å². The zero-order chi connectivity index (χ0) is 23.6. The zero-order valence-corrected chi connectivity index (χ0v) is 19.3. The monoisotopic (exact) mass is 448 g/mol. The number of carboxylic acid groups (broad SMARTS) is 3. The lowest BCUT2D eigenvalue weighted by atomic mass is 10.00. The van der Waals surface area contributed by atoms with E-state index in [0.29, 0.717) is 12.8 Å². The summed E-state index contributed by atoms with van der Waals surface area (Å²) in [4.78, 5) is 32.7. The van der Waals surface area contributed by atoms with Crippen molar-refractivity contribution in [3.8, 4) is 0 Å². The number of carbonyl (C=O) groups is 3. The lowest BCUT2D eigenvalue weighted by molar-refractivity contribution is -0.137. The van der Waals surface area contributed by atoms with Crippen molar-refractivity contribution in [1.29, 1.82) is 0 Å². The Kier molecular flexibility index (Phi) is 14.9. The van der Waals surface area contributed by atoms with Gasteiger partial charge in [0, 0.05) is 6.42 Å². The first-order valence-corrected chi connectivity index (χ1v) is 12.2. The SMILES string of the molecule is O=C(O)CCCCCCCCCCCCCCCCCc1cc(C(=O)O)cc(C(=O)O)c1. The molecule has 0 amide bonds. The zero-order valence-electron chi connectivity index (χ0n) is 19.3. The quantitative estimate of drug-likeness (QED) is 0.186. The van der Waals surface area contributed by atoms with Crippen LogP contribution >= 0.6 is 0 Å². The number of rotatable bonds is 20. The Morgan fingerprint density at radius 1 is 0.500 bits per heavy atom. The largest absolute Gasteiger partial charge is 0.481 e. The van der Waals surface area contributed by atoms with E-state index < -0.39 is 17.9 Å². The number of carboxylic acids is 3. The molecule has 6 nitrogen and oxygen atoms in total. The first-order valence-electron chi connectivity index (χ1n) is 12.2. The van der Waals surface area contributed by atoms with E-state index in [2.05, 4.69) is 0 Å². The highest BCUT2D eigenvalue weighted by molar-refractivity contribution is 5.94. The first-order chi connectivity index (χ1) is 15.4. The molecule has 0 aliphatic carbocycles. The summed E-state index contributed by atoms with van der Waals surface area (Å²) in [5.74, 6) is -2.88. The van der Waals surface area contributed by atoms with Crippen molar-refractivity contribution in [2.24, 2.45) is 0 Å². The van der Waals surface area contributed by atoms with Crippen LogP contribution in [0.4, 0.5) is 0 Å². The topological polar surface area (TPSA) is 112 Å². The van der Waals surface area contributed by atoms with Gasteiger partial charge in [0.15, 0.2) is 0 Å². The fourth-order valence-electron chi connectivity index (χ4n) is 3.99. The second-order valence-corrected chi connectivity index (χ2v) is 8.73. The van der Waals surface area contributed by atoms with Gasteiger partial charge in [-0.3, -0.25) is 4.79 Å². The standard InChI is InChI=1S/C26H40O6/c27-24(28)17-15-13-11-9-7-5-3-1-2-4-6-8-10-12-14-16-21-18-22(25(29)30)20-23(19-21)26(31)32/h18-20H,1-17H2,(H,27,28)(H,29,30)(H,31,32). The Morgan fingerprint density at radius 3 is 1.19 bits per heavy atom. The number of hydrogen-bond acceptors (Lipinski definition) is 3. The van der Waals surface area contributed by atoms with E-state index in [-0.39, 0.29) is 11.1 Å². The van der Waals surface area contributed by atoms with Crippen LogP contribution in [0.25, 0.3) is 0 Å². The van der Waals surface area contributed by atoms with E-state index in [4.69, 9.17) is 15.3 Å². The van der Waals surface area contributed by atoms with Gasteiger partial charge in [-0.2, -0.15) is 0 Å². The van der Waals surface area contributed by atoms with Gasteiger partial charge in [-0.05, 0) is 43.0 Å². The van der Waals surface area contributed by atoms with Gasteiger partial charge in [-0.1, -0.05) is 83.5 Å². The summed E-state index contributed by atoms with van der Waals surface area (Å²) in [5, 5.41) is 26.9. The molecule has 1 aromatic carbocycles. The highest BCUT2D eigenvalue weighted by Gasteiger charge is 2.11. The fraction of sp³-hybridized carbons (Fsp3) is 0.654. The third-order valence-electron chi connectivity index (χ3n) is 5.84. The molecule has 0 aromatic heterocycles. The molecule has 0 saturated heterocycles. The van der Waals surface area contributed by atoms with Crippen molar-refractivity contribution >= 4 is 17.9 Å². The number of aliphatic carboxylic acids is 1. The molecule has 0 saturated carbocycles. The van der Waals surface area contributed by atoms with E-state index in [1.807, 2.05) is 0 Å². The van der Waals surface area contributed by atoms with Crippen molar-refractivity contribution in [2.75, 3.05) is 0 Å². The fourth-order valence-corrected chi connectivity index (χ4v) is 3.99. The third-order valence-corrected chi connectivity index (χ3v) is 5.84. The predicted octanol–water partition coefficient (Wildman–Crippen LogP) is 6.95. The Hall–Kier alpha value is -2.37. The van der Waals surface area contributed by atoms with E-state index >= 15 is 0 Å². The van der Waals surface area contributed by atoms with Gasteiger partial charge in [-0.15, -0.1) is 0 Å². The number of benzene rings is 1. The van der Waals surface area contributed by atoms with Crippen LogP contribution in [-0.2, 0) is 11.2 Å². The highest BCUT2D eigenvalue weighted by atomic mass is 16.4. The maximum Gasteiger partial charge on any atom is 0.335 e. The molecular formula is C26H40O6. The Morgan fingerprint density at radius 2 is 0.844 bits per heavy atom. The van der Waals surface area contributed by atoms with Gasteiger partial charge in [0.1, 0.15) is 0 Å². The molecule has 0 heterocycles. The minimum atomic E-state index is -1.10. The molecule has 0 unspecified atom stereocenters. The van der Waals surface area contributed by atoms with Crippen molar-refractivity contribution in [1.82, 2.24) is 0 Å². The van der Waals surface area contributed by atoms with Gasteiger partial charge < -0.3 is 15.3 Å². The first kappa shape index (κ1) is 27.7. The molecule has 0 bridgehead atoms. The number of aryl methyl sites for hydroxylation is 1. The van der Waals surface area contributed by atoms with Crippen molar-refractivity contribution < 1.29 is 29.7 Å². The normalized spacial score (nSPS) is 10.9. The molecule has 0 aliphatic heterocycles. The summed E-state index contributed by atoms with van der Waals surface area (Å²) >= 11 is 0. The Labute approximate surface area is 192 Å². The summed E-state index contributed by atoms with van der Waals surface area (Å²) in [6.45, 7) is 0. The smallest absolute Gasteiger partial charge is 0.335 e. The van der Waals surface area contributed by atoms with E-state index in [9.17, 15) is 14.4 Å². The molecule has 180 valence electrons. The summed E-state index contributed by atoms with van der Waals surface area (Å²) in [5.41, 5.74) is 0.855. The summed E-state index contributed by atoms with van der Waals surface area (Å²) in [7, 11) is 0. The number of hydrogen-bond donors (Lipinski definition) is 3. The second kappa shape index (κ2) is 17.2. The molecule has 0 spiro atoms. The third kappa shape index (κ3) is 13.8. The van der Waals surface area contributed by atoms with Crippen LogP contribution in [-0.4, -0.2) is 33.2 Å². The van der Waals surface area contributed by atoms with Crippen LogP contribution in [0.1, 0.15) is 129 Å². The summed E-state index contributed by atoms with van der Waals surface area (Å²) < 4.78 is 0. The number of aromatic carboxylic acids is 2. The maximum absolute atomic E-state index is 11.2. The Balaban J connectivity index is 1.96. The average molecular weight is 449 g/mol. The lowest BCUT2D eigenvalue weighted by Gasteiger charge is -2.06. The van der Waals surface area contributed by atoms with E-state index in [1.165, 1.54) is 63.9 Å². The molecule has 0 atom stereocenters. The van der Waals surface area contributed by atoms with Gasteiger partial charge in [0.25, 0.3) is 0 Å². The van der Waals surface area contributed by atoms with Gasteiger partial charge in [0.2, 0.25) is 0 Å². The summed E-state index contributed by atoms with van der Waals surface area (Å²) in [6, 6.07) is 4.36. The van der Waals surface area contributed by atoms with Gasteiger partial charge >= 0.3 is 17.9 Å². The van der Waals surface area contributed by atoms with Crippen LogP contribution in [0.5, 0.6) is 0 Å². The molecule has 0 radical (unpaired) electrons. The highest BCUT2D eigenvalue weighted by Crippen LogP contribution is 2.16. The van der Waals surface area contributed by atoms with Crippen LogP contribution in [0.15, 0.2) is 18.2 Å². The van der Waals surface area contributed by atoms with Crippen LogP contribution in [0.3, 0.4) is 0 Å². The Bertz CT molecular complexity index is 665. The average Bonchev–Trinajstić information content (AvgIpc) is 2.75. The molecule has 1 rings (SSSR count). The minimum absolute atomic E-state index is 0.0376. The molecule has 6 heteroatoms.